The maximum atomic E-state index is 12.5. The molecule has 5 heteroatoms. The first-order chi connectivity index (χ1) is 9.70. The Morgan fingerprint density at radius 2 is 2.20 bits per heavy atom. The highest BCUT2D eigenvalue weighted by Crippen LogP contribution is 2.37. The number of hydrogen-bond acceptors (Lipinski definition) is 3. The van der Waals surface area contributed by atoms with Gasteiger partial charge < -0.3 is 15.0 Å². The standard InChI is InChI=1S/C15H18N2O2S/c1-10(9-18)16-14(19)13-11-5-4-6-12(11)20-15(13)17-7-2-3-8-17/h2-3,7-8,10,18H,4-6,9H2,1H3,(H,16,19). The van der Waals surface area contributed by atoms with Gasteiger partial charge in [0, 0.05) is 23.3 Å². The summed E-state index contributed by atoms with van der Waals surface area (Å²) in [4.78, 5) is 13.9. The highest BCUT2D eigenvalue weighted by atomic mass is 32.1. The van der Waals surface area contributed by atoms with E-state index in [0.29, 0.717) is 0 Å². The van der Waals surface area contributed by atoms with Crippen LogP contribution in [0.4, 0.5) is 0 Å². The van der Waals surface area contributed by atoms with Crippen LogP contribution in [0.5, 0.6) is 0 Å². The molecule has 1 atom stereocenters. The van der Waals surface area contributed by atoms with E-state index in [2.05, 4.69) is 5.32 Å². The van der Waals surface area contributed by atoms with E-state index in [4.69, 9.17) is 5.11 Å². The summed E-state index contributed by atoms with van der Waals surface area (Å²) >= 11 is 1.71. The average molecular weight is 290 g/mol. The summed E-state index contributed by atoms with van der Waals surface area (Å²) < 4.78 is 2.00. The Kier molecular flexibility index (Phi) is 3.63. The van der Waals surface area contributed by atoms with Crippen LogP contribution in [-0.2, 0) is 12.8 Å². The van der Waals surface area contributed by atoms with Gasteiger partial charge >= 0.3 is 0 Å². The monoisotopic (exact) mass is 290 g/mol. The van der Waals surface area contributed by atoms with E-state index >= 15 is 0 Å². The summed E-state index contributed by atoms with van der Waals surface area (Å²) in [5, 5.41) is 13.0. The van der Waals surface area contributed by atoms with Crippen LogP contribution < -0.4 is 5.32 Å². The Labute approximate surface area is 122 Å². The molecule has 0 spiro atoms. The molecule has 1 amide bonds. The summed E-state index contributed by atoms with van der Waals surface area (Å²) in [5.41, 5.74) is 1.99. The molecule has 2 N–H and O–H groups in total. The van der Waals surface area contributed by atoms with Gasteiger partial charge in [0.2, 0.25) is 0 Å². The molecule has 0 radical (unpaired) electrons. The van der Waals surface area contributed by atoms with Crippen molar-refractivity contribution in [2.24, 2.45) is 0 Å². The molecule has 1 unspecified atom stereocenters. The first-order valence-corrected chi connectivity index (χ1v) is 7.72. The second kappa shape index (κ2) is 5.42. The molecule has 4 nitrogen and oxygen atoms in total. The Balaban J connectivity index is 2.02. The Morgan fingerprint density at radius 1 is 1.45 bits per heavy atom. The second-order valence-corrected chi connectivity index (χ2v) is 6.27. The molecule has 0 aromatic carbocycles. The molecular weight excluding hydrogens is 272 g/mol. The van der Waals surface area contributed by atoms with Crippen molar-refractivity contribution in [3.05, 3.63) is 40.5 Å². The van der Waals surface area contributed by atoms with Crippen LogP contribution in [0.3, 0.4) is 0 Å². The van der Waals surface area contributed by atoms with Crippen LogP contribution in [0.15, 0.2) is 24.5 Å². The lowest BCUT2D eigenvalue weighted by atomic mass is 10.1. The summed E-state index contributed by atoms with van der Waals surface area (Å²) in [6.45, 7) is 1.76. The fourth-order valence-corrected chi connectivity index (χ4v) is 3.97. The molecule has 2 heterocycles. The van der Waals surface area contributed by atoms with Crippen LogP contribution in [-0.4, -0.2) is 28.2 Å². The molecule has 20 heavy (non-hydrogen) atoms. The lowest BCUT2D eigenvalue weighted by Crippen LogP contribution is -2.35. The highest BCUT2D eigenvalue weighted by molar-refractivity contribution is 7.15. The third kappa shape index (κ3) is 2.27. The molecule has 1 aliphatic rings. The fourth-order valence-electron chi connectivity index (χ4n) is 2.62. The molecule has 0 saturated carbocycles. The Bertz CT molecular complexity index is 616. The molecule has 2 aromatic rings. The molecule has 1 aliphatic carbocycles. The van der Waals surface area contributed by atoms with Crippen LogP contribution >= 0.6 is 11.3 Å². The molecule has 0 fully saturated rings. The Morgan fingerprint density at radius 3 is 2.90 bits per heavy atom. The van der Waals surface area contributed by atoms with Crippen LogP contribution in [0, 0.1) is 0 Å². The van der Waals surface area contributed by atoms with Gasteiger partial charge in [-0.05, 0) is 43.9 Å². The molecule has 3 rings (SSSR count). The zero-order valence-electron chi connectivity index (χ0n) is 11.4. The normalized spacial score (nSPS) is 15.1. The zero-order valence-corrected chi connectivity index (χ0v) is 12.2. The number of carbonyl (C=O) groups is 1. The first-order valence-electron chi connectivity index (χ1n) is 6.90. The van der Waals surface area contributed by atoms with Gasteiger partial charge in [-0.15, -0.1) is 11.3 Å². The van der Waals surface area contributed by atoms with Crippen molar-refractivity contribution in [3.8, 4) is 5.00 Å². The van der Waals surface area contributed by atoms with Gasteiger partial charge in [0.1, 0.15) is 5.00 Å². The molecule has 0 aliphatic heterocycles. The van der Waals surface area contributed by atoms with Gasteiger partial charge in [-0.1, -0.05) is 0 Å². The van der Waals surface area contributed by atoms with Gasteiger partial charge in [-0.25, -0.2) is 0 Å². The second-order valence-electron chi connectivity index (χ2n) is 5.18. The predicted molar refractivity (Wildman–Crippen MR) is 79.7 cm³/mol. The number of nitrogens with one attached hydrogen (secondary N) is 1. The molecule has 0 bridgehead atoms. The SMILES string of the molecule is CC(CO)NC(=O)c1c(-n2cccc2)sc2c1CCC2. The van der Waals surface area contributed by atoms with Gasteiger partial charge in [0.25, 0.3) is 5.91 Å². The average Bonchev–Trinajstić information content (AvgIpc) is 3.13. The maximum absolute atomic E-state index is 12.5. The summed E-state index contributed by atoms with van der Waals surface area (Å²) in [7, 11) is 0. The lowest BCUT2D eigenvalue weighted by molar-refractivity contribution is 0.0922. The number of fused-ring (bicyclic) bond motifs is 1. The van der Waals surface area contributed by atoms with Gasteiger partial charge in [0.05, 0.1) is 12.2 Å². The molecular formula is C15H18N2O2S. The lowest BCUT2D eigenvalue weighted by Gasteiger charge is -2.13. The zero-order chi connectivity index (χ0) is 14.1. The topological polar surface area (TPSA) is 54.3 Å². The highest BCUT2D eigenvalue weighted by Gasteiger charge is 2.27. The van der Waals surface area contributed by atoms with E-state index in [1.165, 1.54) is 10.4 Å². The number of nitrogens with zero attached hydrogens (tertiary/aromatic N) is 1. The number of carbonyl (C=O) groups excluding carboxylic acids is 1. The largest absolute Gasteiger partial charge is 0.394 e. The maximum Gasteiger partial charge on any atom is 0.254 e. The van der Waals surface area contributed by atoms with E-state index in [1.54, 1.807) is 18.3 Å². The van der Waals surface area contributed by atoms with E-state index in [0.717, 1.165) is 29.8 Å². The number of rotatable bonds is 4. The minimum atomic E-state index is -0.225. The van der Waals surface area contributed by atoms with Gasteiger partial charge in [-0.3, -0.25) is 4.79 Å². The number of aromatic nitrogens is 1. The molecule has 2 aromatic heterocycles. The number of aryl methyl sites for hydroxylation is 1. The van der Waals surface area contributed by atoms with Crippen LogP contribution in [0.25, 0.3) is 5.00 Å². The number of aliphatic hydroxyl groups excluding tert-OH is 1. The Hall–Kier alpha value is -1.59. The van der Waals surface area contributed by atoms with Crippen molar-refractivity contribution >= 4 is 17.2 Å². The fraction of sp³-hybridized carbons (Fsp3) is 0.400. The summed E-state index contributed by atoms with van der Waals surface area (Å²) in [6.07, 6.45) is 7.10. The van der Waals surface area contributed by atoms with E-state index in [1.807, 2.05) is 29.1 Å². The minimum Gasteiger partial charge on any atom is -0.394 e. The summed E-state index contributed by atoms with van der Waals surface area (Å²) in [6, 6.07) is 3.70. The number of amides is 1. The summed E-state index contributed by atoms with van der Waals surface area (Å²) in [5.74, 6) is -0.0744. The molecule has 106 valence electrons. The van der Waals surface area contributed by atoms with E-state index in [-0.39, 0.29) is 18.6 Å². The van der Waals surface area contributed by atoms with Crippen molar-refractivity contribution < 1.29 is 9.90 Å². The van der Waals surface area contributed by atoms with Crippen molar-refractivity contribution in [2.75, 3.05) is 6.61 Å². The third-order valence-electron chi connectivity index (χ3n) is 3.62. The van der Waals surface area contributed by atoms with Crippen molar-refractivity contribution in [2.45, 2.75) is 32.2 Å². The quantitative estimate of drug-likeness (QED) is 0.906. The van der Waals surface area contributed by atoms with Crippen molar-refractivity contribution in [1.82, 2.24) is 9.88 Å². The minimum absolute atomic E-state index is 0.0447. The van der Waals surface area contributed by atoms with E-state index in [9.17, 15) is 4.79 Å². The van der Waals surface area contributed by atoms with E-state index < -0.39 is 0 Å². The van der Waals surface area contributed by atoms with Crippen LogP contribution in [0.1, 0.15) is 34.1 Å². The van der Waals surface area contributed by atoms with Gasteiger partial charge in [-0.2, -0.15) is 0 Å². The number of thiophene rings is 1. The van der Waals surface area contributed by atoms with Crippen molar-refractivity contribution in [1.29, 1.82) is 0 Å². The van der Waals surface area contributed by atoms with Gasteiger partial charge in [0.15, 0.2) is 0 Å². The van der Waals surface area contributed by atoms with Crippen molar-refractivity contribution in [3.63, 3.8) is 0 Å². The number of aliphatic hydroxyl groups is 1. The predicted octanol–water partition coefficient (Wildman–Crippen LogP) is 2.14. The molecule has 0 saturated heterocycles. The van der Waals surface area contributed by atoms with Crippen LogP contribution in [0.2, 0.25) is 0 Å². The third-order valence-corrected chi connectivity index (χ3v) is 4.93. The first kappa shape index (κ1) is 13.4. The number of hydrogen-bond donors (Lipinski definition) is 2. The smallest absolute Gasteiger partial charge is 0.254 e.